The molecule has 0 heterocycles. The molecule has 1 aromatic rings. The smallest absolute Gasteiger partial charge is 0.416 e. The number of hydrogen-bond acceptors (Lipinski definition) is 2. The zero-order valence-corrected chi connectivity index (χ0v) is 8.51. The zero-order chi connectivity index (χ0) is 13.1. The third kappa shape index (κ3) is 3.72. The van der Waals surface area contributed by atoms with Gasteiger partial charge in [-0.2, -0.15) is 13.2 Å². The molecule has 0 radical (unpaired) electrons. The molecular formula is C11H8F3NO2. The molecule has 6 heteroatoms. The van der Waals surface area contributed by atoms with E-state index >= 15 is 0 Å². The minimum atomic E-state index is -4.48. The standard InChI is InChI=1S/C11H8F3NO2/c12-11(13,14)8-4-5-9(15)7(6-8)2-1-3-10(16)17/h4-6H,3,15H2,(H,16,17). The van der Waals surface area contributed by atoms with E-state index in [0.29, 0.717) is 0 Å². The van der Waals surface area contributed by atoms with Crippen LogP contribution in [0.2, 0.25) is 0 Å². The molecule has 0 saturated carbocycles. The summed E-state index contributed by atoms with van der Waals surface area (Å²) in [6, 6.07) is 2.73. The summed E-state index contributed by atoms with van der Waals surface area (Å²) < 4.78 is 37.1. The molecule has 0 saturated heterocycles. The summed E-state index contributed by atoms with van der Waals surface area (Å²) in [6.45, 7) is 0. The lowest BCUT2D eigenvalue weighted by molar-refractivity contribution is -0.138. The molecule has 17 heavy (non-hydrogen) atoms. The Morgan fingerprint density at radius 1 is 1.41 bits per heavy atom. The number of halogens is 3. The summed E-state index contributed by atoms with van der Waals surface area (Å²) >= 11 is 0. The Bertz CT molecular complexity index is 498. The Labute approximate surface area is 95.0 Å². The fourth-order valence-electron chi connectivity index (χ4n) is 1.06. The van der Waals surface area contributed by atoms with E-state index in [0.717, 1.165) is 18.2 Å². The molecule has 0 aliphatic carbocycles. The fourth-order valence-corrected chi connectivity index (χ4v) is 1.06. The van der Waals surface area contributed by atoms with Crippen molar-refractivity contribution in [3.63, 3.8) is 0 Å². The van der Waals surface area contributed by atoms with Crippen molar-refractivity contribution in [2.45, 2.75) is 12.6 Å². The third-order valence-electron chi connectivity index (χ3n) is 1.84. The van der Waals surface area contributed by atoms with E-state index < -0.39 is 24.1 Å². The van der Waals surface area contributed by atoms with Crippen molar-refractivity contribution in [1.29, 1.82) is 0 Å². The van der Waals surface area contributed by atoms with E-state index in [1.54, 1.807) is 0 Å². The minimum absolute atomic E-state index is 0.0268. The molecule has 0 aliphatic rings. The van der Waals surface area contributed by atoms with Crippen LogP contribution in [0.25, 0.3) is 0 Å². The fraction of sp³-hybridized carbons (Fsp3) is 0.182. The van der Waals surface area contributed by atoms with Crippen LogP contribution in [0.4, 0.5) is 18.9 Å². The van der Waals surface area contributed by atoms with Crippen LogP contribution < -0.4 is 5.73 Å². The van der Waals surface area contributed by atoms with Crippen molar-refractivity contribution in [3.8, 4) is 11.8 Å². The first-order chi connectivity index (χ1) is 7.80. The molecule has 0 unspecified atom stereocenters. The first kappa shape index (κ1) is 12.9. The molecule has 0 spiro atoms. The second-order valence-electron chi connectivity index (χ2n) is 3.17. The highest BCUT2D eigenvalue weighted by molar-refractivity contribution is 5.70. The summed E-state index contributed by atoms with van der Waals surface area (Å²) in [5, 5.41) is 8.33. The van der Waals surface area contributed by atoms with Gasteiger partial charge in [-0.3, -0.25) is 4.79 Å². The summed E-state index contributed by atoms with van der Waals surface area (Å²) in [5.41, 5.74) is 4.62. The lowest BCUT2D eigenvalue weighted by atomic mass is 10.1. The number of alkyl halides is 3. The molecule has 0 amide bonds. The highest BCUT2D eigenvalue weighted by Gasteiger charge is 2.30. The number of nitrogen functional groups attached to an aromatic ring is 1. The van der Waals surface area contributed by atoms with E-state index in [1.807, 2.05) is 0 Å². The maximum Gasteiger partial charge on any atom is 0.416 e. The molecule has 0 fully saturated rings. The van der Waals surface area contributed by atoms with Crippen molar-refractivity contribution in [2.75, 3.05) is 5.73 Å². The Balaban J connectivity index is 3.06. The second-order valence-corrected chi connectivity index (χ2v) is 3.17. The van der Waals surface area contributed by atoms with E-state index in [-0.39, 0.29) is 11.3 Å². The van der Waals surface area contributed by atoms with Crippen molar-refractivity contribution < 1.29 is 23.1 Å². The number of carboxylic acids is 1. The van der Waals surface area contributed by atoms with Crippen molar-refractivity contribution >= 4 is 11.7 Å². The van der Waals surface area contributed by atoms with Crippen LogP contribution in [0.5, 0.6) is 0 Å². The average Bonchev–Trinajstić information content (AvgIpc) is 2.18. The topological polar surface area (TPSA) is 63.3 Å². The van der Waals surface area contributed by atoms with Gasteiger partial charge in [0.05, 0.1) is 5.56 Å². The largest absolute Gasteiger partial charge is 0.481 e. The SMILES string of the molecule is Nc1ccc(C(F)(F)F)cc1C#CCC(=O)O. The Hall–Kier alpha value is -2.16. The second kappa shape index (κ2) is 4.78. The van der Waals surface area contributed by atoms with E-state index in [1.165, 1.54) is 0 Å². The van der Waals surface area contributed by atoms with E-state index in [4.69, 9.17) is 10.8 Å². The van der Waals surface area contributed by atoms with E-state index in [2.05, 4.69) is 11.8 Å². The average molecular weight is 243 g/mol. The first-order valence-corrected chi connectivity index (χ1v) is 4.48. The van der Waals surface area contributed by atoms with Gasteiger partial charge in [0.2, 0.25) is 0 Å². The Morgan fingerprint density at radius 2 is 2.06 bits per heavy atom. The molecule has 0 aromatic heterocycles. The predicted octanol–water partition coefficient (Wildman–Crippen LogP) is 2.11. The highest BCUT2D eigenvalue weighted by atomic mass is 19.4. The van der Waals surface area contributed by atoms with Gasteiger partial charge in [0.1, 0.15) is 6.42 Å². The number of hydrogen-bond donors (Lipinski definition) is 2. The summed E-state index contributed by atoms with van der Waals surface area (Å²) in [5.74, 6) is 3.37. The van der Waals surface area contributed by atoms with Gasteiger partial charge >= 0.3 is 12.1 Å². The number of carbonyl (C=O) groups is 1. The molecular weight excluding hydrogens is 235 g/mol. The number of aliphatic carboxylic acids is 1. The van der Waals surface area contributed by atoms with Gasteiger partial charge in [-0.25, -0.2) is 0 Å². The number of carboxylic acid groups (broad SMARTS) is 1. The van der Waals surface area contributed by atoms with E-state index in [9.17, 15) is 18.0 Å². The summed E-state index contributed by atoms with van der Waals surface area (Å²) in [4.78, 5) is 10.2. The van der Waals surface area contributed by atoms with Crippen LogP contribution in [0, 0.1) is 11.8 Å². The lowest BCUT2D eigenvalue weighted by Gasteiger charge is -2.07. The molecule has 90 valence electrons. The van der Waals surface area contributed by atoms with Gasteiger partial charge in [0.15, 0.2) is 0 Å². The number of anilines is 1. The predicted molar refractivity (Wildman–Crippen MR) is 55.0 cm³/mol. The van der Waals surface area contributed by atoms with Crippen LogP contribution in [-0.2, 0) is 11.0 Å². The van der Waals surface area contributed by atoms with Crippen LogP contribution in [0.1, 0.15) is 17.5 Å². The van der Waals surface area contributed by atoms with Gasteiger partial charge in [-0.1, -0.05) is 11.8 Å². The zero-order valence-electron chi connectivity index (χ0n) is 8.51. The van der Waals surface area contributed by atoms with Crippen molar-refractivity contribution in [3.05, 3.63) is 29.3 Å². The molecule has 3 N–H and O–H groups in total. The number of rotatable bonds is 1. The maximum absolute atomic E-state index is 12.4. The summed E-state index contributed by atoms with van der Waals surface area (Å²) in [7, 11) is 0. The Morgan fingerprint density at radius 3 is 2.59 bits per heavy atom. The molecule has 3 nitrogen and oxygen atoms in total. The van der Waals surface area contributed by atoms with Crippen LogP contribution >= 0.6 is 0 Å². The minimum Gasteiger partial charge on any atom is -0.481 e. The molecule has 0 bridgehead atoms. The summed E-state index contributed by atoms with van der Waals surface area (Å²) in [6.07, 6.45) is -4.92. The van der Waals surface area contributed by atoms with Crippen LogP contribution in [0.3, 0.4) is 0 Å². The Kier molecular flexibility index (Phi) is 3.63. The van der Waals surface area contributed by atoms with Crippen LogP contribution in [-0.4, -0.2) is 11.1 Å². The normalized spacial score (nSPS) is 10.5. The van der Waals surface area contributed by atoms with Gasteiger partial charge in [0.25, 0.3) is 0 Å². The maximum atomic E-state index is 12.4. The quantitative estimate of drug-likeness (QED) is 0.586. The highest BCUT2D eigenvalue weighted by Crippen LogP contribution is 2.30. The van der Waals surface area contributed by atoms with Crippen molar-refractivity contribution in [1.82, 2.24) is 0 Å². The molecule has 0 atom stereocenters. The number of benzene rings is 1. The molecule has 1 rings (SSSR count). The lowest BCUT2D eigenvalue weighted by Crippen LogP contribution is -2.06. The monoisotopic (exact) mass is 243 g/mol. The van der Waals surface area contributed by atoms with Crippen molar-refractivity contribution in [2.24, 2.45) is 0 Å². The van der Waals surface area contributed by atoms with Gasteiger partial charge < -0.3 is 10.8 Å². The van der Waals surface area contributed by atoms with Gasteiger partial charge in [-0.15, -0.1) is 0 Å². The molecule has 1 aromatic carbocycles. The number of nitrogens with two attached hydrogens (primary N) is 1. The van der Waals surface area contributed by atoms with Gasteiger partial charge in [0, 0.05) is 11.3 Å². The van der Waals surface area contributed by atoms with Gasteiger partial charge in [-0.05, 0) is 18.2 Å². The third-order valence-corrected chi connectivity index (χ3v) is 1.84. The van der Waals surface area contributed by atoms with Crippen LogP contribution in [0.15, 0.2) is 18.2 Å². The first-order valence-electron chi connectivity index (χ1n) is 4.48. The molecule has 0 aliphatic heterocycles.